The van der Waals surface area contributed by atoms with Gasteiger partial charge in [0, 0.05) is 10.2 Å². The molecule has 0 unspecified atom stereocenters. The molecule has 122 valence electrons. The van der Waals surface area contributed by atoms with E-state index in [1.165, 1.54) is 11.8 Å². The molecule has 3 rings (SSSR count). The van der Waals surface area contributed by atoms with E-state index >= 15 is 0 Å². The van der Waals surface area contributed by atoms with Crippen LogP contribution >= 0.6 is 39.3 Å². The number of nitrogens with one attached hydrogen (secondary N) is 1. The second kappa shape index (κ2) is 7.78. The normalized spacial score (nSPS) is 10.6. The van der Waals surface area contributed by atoms with Gasteiger partial charge >= 0.3 is 0 Å². The Morgan fingerprint density at radius 1 is 1.25 bits per heavy atom. The Kier molecular flexibility index (Phi) is 5.49. The number of thioether (sulfide) groups is 1. The maximum absolute atomic E-state index is 12.1. The van der Waals surface area contributed by atoms with Gasteiger partial charge < -0.3 is 5.32 Å². The van der Waals surface area contributed by atoms with Crippen molar-refractivity contribution in [3.05, 3.63) is 58.0 Å². The van der Waals surface area contributed by atoms with Crippen molar-refractivity contribution in [2.45, 2.75) is 5.16 Å². The molecule has 9 heteroatoms. The zero-order chi connectivity index (χ0) is 16.9. The molecule has 0 bridgehead atoms. The number of tetrazole rings is 1. The smallest absolute Gasteiger partial charge is 0.234 e. The van der Waals surface area contributed by atoms with Gasteiger partial charge in [-0.25, -0.2) is 0 Å². The minimum absolute atomic E-state index is 0.166. The summed E-state index contributed by atoms with van der Waals surface area (Å²) in [5, 5.41) is 15.4. The summed E-state index contributed by atoms with van der Waals surface area (Å²) in [5.41, 5.74) is 1.47. The first-order chi connectivity index (χ1) is 11.6. The number of carbonyl (C=O) groups excluding carboxylic acids is 1. The summed E-state index contributed by atoms with van der Waals surface area (Å²) >= 11 is 10.6. The van der Waals surface area contributed by atoms with E-state index in [0.29, 0.717) is 15.9 Å². The van der Waals surface area contributed by atoms with Gasteiger partial charge in [0.1, 0.15) is 0 Å². The van der Waals surface area contributed by atoms with Crippen LogP contribution in [-0.2, 0) is 4.79 Å². The lowest BCUT2D eigenvalue weighted by Gasteiger charge is -2.06. The fourth-order valence-electron chi connectivity index (χ4n) is 1.90. The van der Waals surface area contributed by atoms with Gasteiger partial charge in [-0.05, 0) is 56.7 Å². The van der Waals surface area contributed by atoms with Crippen LogP contribution < -0.4 is 5.32 Å². The SMILES string of the molecule is O=C(CSc1nnnn1-c1ccccc1)Nc1ccc(Br)c(Cl)c1. The van der Waals surface area contributed by atoms with Crippen molar-refractivity contribution < 1.29 is 4.79 Å². The van der Waals surface area contributed by atoms with Crippen LogP contribution in [0.3, 0.4) is 0 Å². The fourth-order valence-corrected chi connectivity index (χ4v) is 3.02. The van der Waals surface area contributed by atoms with Gasteiger partial charge in [0.05, 0.1) is 16.5 Å². The molecule has 1 aromatic heterocycles. The van der Waals surface area contributed by atoms with Crippen molar-refractivity contribution in [2.75, 3.05) is 11.1 Å². The number of rotatable bonds is 5. The second-order valence-corrected chi connectivity index (χ2v) is 6.88. The van der Waals surface area contributed by atoms with Crippen molar-refractivity contribution in [1.82, 2.24) is 20.2 Å². The van der Waals surface area contributed by atoms with Gasteiger partial charge in [0.15, 0.2) is 0 Å². The largest absolute Gasteiger partial charge is 0.325 e. The molecule has 3 aromatic rings. The number of nitrogens with zero attached hydrogens (tertiary/aromatic N) is 4. The first-order valence-corrected chi connectivity index (χ1v) is 9.00. The molecule has 1 amide bonds. The maximum atomic E-state index is 12.1. The van der Waals surface area contributed by atoms with Crippen molar-refractivity contribution in [1.29, 1.82) is 0 Å². The molecule has 1 N–H and O–H groups in total. The molecule has 1 heterocycles. The third-order valence-electron chi connectivity index (χ3n) is 2.98. The van der Waals surface area contributed by atoms with Crippen molar-refractivity contribution in [2.24, 2.45) is 0 Å². The molecule has 6 nitrogen and oxygen atoms in total. The third kappa shape index (κ3) is 4.14. The minimum atomic E-state index is -0.166. The van der Waals surface area contributed by atoms with Gasteiger partial charge in [0.25, 0.3) is 0 Å². The summed E-state index contributed by atoms with van der Waals surface area (Å²) in [4.78, 5) is 12.1. The van der Waals surface area contributed by atoms with E-state index in [-0.39, 0.29) is 11.7 Å². The highest BCUT2D eigenvalue weighted by Gasteiger charge is 2.12. The standard InChI is InChI=1S/C15H11BrClN5OS/c16-12-7-6-10(8-13(12)17)18-14(23)9-24-15-19-20-21-22(15)11-4-2-1-3-5-11/h1-8H,9H2,(H,18,23). The number of para-hydroxylation sites is 1. The molecule has 0 aliphatic rings. The zero-order valence-corrected chi connectivity index (χ0v) is 15.3. The van der Waals surface area contributed by atoms with Gasteiger partial charge in [-0.2, -0.15) is 4.68 Å². The molecule has 24 heavy (non-hydrogen) atoms. The molecule has 0 aliphatic carbocycles. The van der Waals surface area contributed by atoms with Crippen molar-refractivity contribution >= 4 is 50.9 Å². The number of hydrogen-bond acceptors (Lipinski definition) is 5. The topological polar surface area (TPSA) is 72.7 Å². The summed E-state index contributed by atoms with van der Waals surface area (Å²) in [5.74, 6) is 0.0157. The van der Waals surface area contributed by atoms with Crippen LogP contribution in [-0.4, -0.2) is 31.9 Å². The van der Waals surface area contributed by atoms with Crippen LogP contribution in [0.15, 0.2) is 58.2 Å². The average Bonchev–Trinajstić information content (AvgIpc) is 3.06. The molecule has 2 aromatic carbocycles. The van der Waals surface area contributed by atoms with Crippen LogP contribution in [0.1, 0.15) is 0 Å². The Labute approximate surface area is 155 Å². The van der Waals surface area contributed by atoms with Crippen LogP contribution in [0.4, 0.5) is 5.69 Å². The quantitative estimate of drug-likeness (QED) is 0.631. The van der Waals surface area contributed by atoms with E-state index in [9.17, 15) is 4.79 Å². The van der Waals surface area contributed by atoms with Gasteiger partial charge in [-0.15, -0.1) is 5.10 Å². The van der Waals surface area contributed by atoms with E-state index in [1.807, 2.05) is 30.3 Å². The van der Waals surface area contributed by atoms with Gasteiger partial charge in [0.2, 0.25) is 11.1 Å². The van der Waals surface area contributed by atoms with Crippen LogP contribution in [0.25, 0.3) is 5.69 Å². The van der Waals surface area contributed by atoms with E-state index in [1.54, 1.807) is 22.9 Å². The average molecular weight is 425 g/mol. The molecule has 0 saturated carbocycles. The predicted octanol–water partition coefficient (Wildman–Crippen LogP) is 3.81. The number of amides is 1. The number of carbonyl (C=O) groups is 1. The highest BCUT2D eigenvalue weighted by molar-refractivity contribution is 9.10. The first-order valence-electron chi connectivity index (χ1n) is 6.85. The molecular formula is C15H11BrClN5OS. The van der Waals surface area contributed by atoms with Gasteiger partial charge in [-0.1, -0.05) is 41.6 Å². The summed E-state index contributed by atoms with van der Waals surface area (Å²) in [6.07, 6.45) is 0. The summed E-state index contributed by atoms with van der Waals surface area (Å²) in [6, 6.07) is 14.7. The number of aromatic nitrogens is 4. The molecule has 0 spiro atoms. The number of halogens is 2. The summed E-state index contributed by atoms with van der Waals surface area (Å²) in [7, 11) is 0. The second-order valence-electron chi connectivity index (χ2n) is 4.67. The van der Waals surface area contributed by atoms with E-state index in [0.717, 1.165) is 10.2 Å². The maximum Gasteiger partial charge on any atom is 0.234 e. The summed E-state index contributed by atoms with van der Waals surface area (Å²) < 4.78 is 2.37. The number of benzene rings is 2. The lowest BCUT2D eigenvalue weighted by molar-refractivity contribution is -0.113. The molecule has 0 saturated heterocycles. The highest BCUT2D eigenvalue weighted by atomic mass is 79.9. The third-order valence-corrected chi connectivity index (χ3v) is 5.13. The van der Waals surface area contributed by atoms with Gasteiger partial charge in [-0.3, -0.25) is 4.79 Å². The molecule has 0 radical (unpaired) electrons. The summed E-state index contributed by atoms with van der Waals surface area (Å²) in [6.45, 7) is 0. The Morgan fingerprint density at radius 2 is 2.04 bits per heavy atom. The first kappa shape index (κ1) is 16.9. The Morgan fingerprint density at radius 3 is 2.79 bits per heavy atom. The van der Waals surface area contributed by atoms with Crippen molar-refractivity contribution in [3.63, 3.8) is 0 Å². The van der Waals surface area contributed by atoms with Crippen LogP contribution in [0.2, 0.25) is 5.02 Å². The monoisotopic (exact) mass is 423 g/mol. The number of hydrogen-bond donors (Lipinski definition) is 1. The molecule has 0 fully saturated rings. The zero-order valence-electron chi connectivity index (χ0n) is 12.2. The molecule has 0 aliphatic heterocycles. The van der Waals surface area contributed by atoms with Crippen molar-refractivity contribution in [3.8, 4) is 5.69 Å². The Bertz CT molecular complexity index is 858. The molecule has 0 atom stereocenters. The van der Waals surface area contributed by atoms with E-state index in [4.69, 9.17) is 11.6 Å². The van der Waals surface area contributed by atoms with Crippen LogP contribution in [0.5, 0.6) is 0 Å². The fraction of sp³-hybridized carbons (Fsp3) is 0.0667. The molecular weight excluding hydrogens is 414 g/mol. The Balaban J connectivity index is 1.63. The van der Waals surface area contributed by atoms with E-state index in [2.05, 4.69) is 36.8 Å². The minimum Gasteiger partial charge on any atom is -0.325 e. The lowest BCUT2D eigenvalue weighted by Crippen LogP contribution is -2.14. The number of anilines is 1. The Hall–Kier alpha value is -1.90. The lowest BCUT2D eigenvalue weighted by atomic mass is 10.3. The van der Waals surface area contributed by atoms with E-state index < -0.39 is 0 Å². The predicted molar refractivity (Wildman–Crippen MR) is 97.7 cm³/mol. The van der Waals surface area contributed by atoms with Crippen LogP contribution in [0, 0.1) is 0 Å². The highest BCUT2D eigenvalue weighted by Crippen LogP contribution is 2.26.